The maximum atomic E-state index is 12.2. The molecule has 1 N–H and O–H groups in total. The summed E-state index contributed by atoms with van der Waals surface area (Å²) in [5.74, 6) is 2.32. The molecule has 3 rings (SSSR count). The average Bonchev–Trinajstić information content (AvgIpc) is 3.09. The summed E-state index contributed by atoms with van der Waals surface area (Å²) < 4.78 is 3.82. The van der Waals surface area contributed by atoms with Crippen LogP contribution < -0.4 is 5.32 Å². The summed E-state index contributed by atoms with van der Waals surface area (Å²) in [7, 11) is 3.84. The zero-order valence-corrected chi connectivity index (χ0v) is 12.4. The van der Waals surface area contributed by atoms with Crippen molar-refractivity contribution in [2.75, 3.05) is 0 Å². The molecule has 21 heavy (non-hydrogen) atoms. The van der Waals surface area contributed by atoms with Crippen LogP contribution in [0.5, 0.6) is 0 Å². The van der Waals surface area contributed by atoms with Gasteiger partial charge in [0, 0.05) is 39.3 Å². The van der Waals surface area contributed by atoms with E-state index in [1.54, 1.807) is 12.5 Å². The molecule has 1 atom stereocenters. The highest BCUT2D eigenvalue weighted by Crippen LogP contribution is 2.40. The predicted octanol–water partition coefficient (Wildman–Crippen LogP) is 0.749. The molecule has 1 aliphatic carbocycles. The zero-order chi connectivity index (χ0) is 14.8. The van der Waals surface area contributed by atoms with Crippen LogP contribution in [0.3, 0.4) is 0 Å². The van der Waals surface area contributed by atoms with E-state index in [2.05, 4.69) is 20.5 Å². The Morgan fingerprint density at radius 3 is 2.81 bits per heavy atom. The lowest BCUT2D eigenvalue weighted by Crippen LogP contribution is -2.31. The molecule has 1 fully saturated rings. The largest absolute Gasteiger partial charge is 0.346 e. The van der Waals surface area contributed by atoms with Crippen molar-refractivity contribution in [3.8, 4) is 0 Å². The molecule has 1 amide bonds. The molecule has 0 spiro atoms. The van der Waals surface area contributed by atoms with E-state index in [1.807, 2.05) is 29.4 Å². The Hall–Kier alpha value is -2.18. The van der Waals surface area contributed by atoms with Crippen LogP contribution in [0.2, 0.25) is 0 Å². The average molecular weight is 288 g/mol. The molecule has 2 aromatic heterocycles. The van der Waals surface area contributed by atoms with Crippen molar-refractivity contribution < 1.29 is 4.79 Å². The molecule has 0 bridgehead atoms. The smallest absolute Gasteiger partial charge is 0.221 e. The number of aromatic nitrogens is 5. The van der Waals surface area contributed by atoms with Gasteiger partial charge in [-0.05, 0) is 18.8 Å². The third-order valence-electron chi connectivity index (χ3n) is 3.93. The highest BCUT2D eigenvalue weighted by Gasteiger charge is 2.35. The number of rotatable bonds is 6. The highest BCUT2D eigenvalue weighted by molar-refractivity contribution is 5.76. The van der Waals surface area contributed by atoms with Crippen molar-refractivity contribution in [1.29, 1.82) is 0 Å². The van der Waals surface area contributed by atoms with Crippen molar-refractivity contribution in [1.82, 2.24) is 29.6 Å². The Morgan fingerprint density at radius 2 is 2.24 bits per heavy atom. The third kappa shape index (κ3) is 3.12. The normalized spacial score (nSPS) is 15.9. The van der Waals surface area contributed by atoms with E-state index < -0.39 is 0 Å². The van der Waals surface area contributed by atoms with Gasteiger partial charge >= 0.3 is 0 Å². The third-order valence-corrected chi connectivity index (χ3v) is 3.93. The first-order chi connectivity index (χ1) is 10.1. The Labute approximate surface area is 123 Å². The van der Waals surface area contributed by atoms with Crippen LogP contribution in [-0.4, -0.2) is 30.2 Å². The Bertz CT molecular complexity index is 627. The van der Waals surface area contributed by atoms with Gasteiger partial charge in [0.05, 0.1) is 6.04 Å². The van der Waals surface area contributed by atoms with Gasteiger partial charge in [0.15, 0.2) is 0 Å². The van der Waals surface area contributed by atoms with Gasteiger partial charge in [0.1, 0.15) is 18.0 Å². The zero-order valence-electron chi connectivity index (χ0n) is 12.4. The molecule has 2 aromatic rings. The first-order valence-electron chi connectivity index (χ1n) is 7.24. The molecule has 0 aliphatic heterocycles. The topological polar surface area (TPSA) is 77.6 Å². The molecule has 112 valence electrons. The van der Waals surface area contributed by atoms with Gasteiger partial charge in [-0.1, -0.05) is 0 Å². The molecule has 1 unspecified atom stereocenters. The van der Waals surface area contributed by atoms with Crippen molar-refractivity contribution in [2.24, 2.45) is 20.0 Å². The number of hydrogen-bond acceptors (Lipinski definition) is 4. The summed E-state index contributed by atoms with van der Waals surface area (Å²) in [5, 5.41) is 10.9. The van der Waals surface area contributed by atoms with E-state index in [0.29, 0.717) is 18.8 Å². The summed E-state index contributed by atoms with van der Waals surface area (Å²) in [5.41, 5.74) is 0. The maximum Gasteiger partial charge on any atom is 0.221 e. The number of carbonyl (C=O) groups is 1. The number of aryl methyl sites for hydroxylation is 3. The molecular formula is C14H20N6O. The van der Waals surface area contributed by atoms with E-state index in [4.69, 9.17) is 0 Å². The van der Waals surface area contributed by atoms with E-state index in [0.717, 1.165) is 24.5 Å². The number of nitrogens with zero attached hydrogens (tertiary/aromatic N) is 5. The molecule has 2 heterocycles. The summed E-state index contributed by atoms with van der Waals surface area (Å²) in [6.07, 6.45) is 8.66. The van der Waals surface area contributed by atoms with Crippen molar-refractivity contribution in [2.45, 2.75) is 31.7 Å². The van der Waals surface area contributed by atoms with Gasteiger partial charge in [-0.3, -0.25) is 4.79 Å². The lowest BCUT2D eigenvalue weighted by Gasteiger charge is -2.18. The summed E-state index contributed by atoms with van der Waals surface area (Å²) in [6, 6.07) is 0.0250. The van der Waals surface area contributed by atoms with Crippen LogP contribution in [0.15, 0.2) is 18.7 Å². The first kappa shape index (κ1) is 13.8. The Morgan fingerprint density at radius 1 is 1.43 bits per heavy atom. The molecule has 7 nitrogen and oxygen atoms in total. The van der Waals surface area contributed by atoms with Crippen molar-refractivity contribution in [3.05, 3.63) is 30.4 Å². The first-order valence-corrected chi connectivity index (χ1v) is 7.24. The SMILES string of the molecule is Cn1cnnc1CCC(=O)NC(c1nccn1C)C1CC1. The molecule has 0 saturated heterocycles. The summed E-state index contributed by atoms with van der Waals surface area (Å²) >= 11 is 0. The van der Waals surface area contributed by atoms with Crippen LogP contribution in [0.1, 0.15) is 37.0 Å². The second kappa shape index (κ2) is 5.67. The van der Waals surface area contributed by atoms with Crippen LogP contribution in [0.4, 0.5) is 0 Å². The second-order valence-electron chi connectivity index (χ2n) is 5.64. The molecule has 7 heteroatoms. The monoisotopic (exact) mass is 288 g/mol. The van der Waals surface area contributed by atoms with Crippen LogP contribution in [0, 0.1) is 5.92 Å². The second-order valence-corrected chi connectivity index (χ2v) is 5.64. The molecule has 1 aliphatic rings. The highest BCUT2D eigenvalue weighted by atomic mass is 16.1. The number of nitrogens with one attached hydrogen (secondary N) is 1. The van der Waals surface area contributed by atoms with Gasteiger partial charge in [0.25, 0.3) is 0 Å². The number of imidazole rings is 1. The lowest BCUT2D eigenvalue weighted by atomic mass is 10.1. The van der Waals surface area contributed by atoms with E-state index in [-0.39, 0.29) is 11.9 Å². The van der Waals surface area contributed by atoms with Gasteiger partial charge in [-0.2, -0.15) is 0 Å². The molecule has 1 saturated carbocycles. The number of hydrogen-bond donors (Lipinski definition) is 1. The quantitative estimate of drug-likeness (QED) is 0.851. The minimum absolute atomic E-state index is 0.0250. The standard InChI is InChI=1S/C14H20N6O/c1-19-8-7-15-14(19)13(10-3-4-10)17-12(21)6-5-11-18-16-9-20(11)2/h7-10,13H,3-6H2,1-2H3,(H,17,21). The minimum Gasteiger partial charge on any atom is -0.346 e. The predicted molar refractivity (Wildman–Crippen MR) is 76.1 cm³/mol. The van der Waals surface area contributed by atoms with Crippen molar-refractivity contribution >= 4 is 5.91 Å². The van der Waals surface area contributed by atoms with Crippen LogP contribution >= 0.6 is 0 Å². The van der Waals surface area contributed by atoms with Gasteiger partial charge in [-0.15, -0.1) is 10.2 Å². The fourth-order valence-electron chi connectivity index (χ4n) is 2.50. The van der Waals surface area contributed by atoms with Crippen molar-refractivity contribution in [3.63, 3.8) is 0 Å². The molecule has 0 radical (unpaired) electrons. The molecular weight excluding hydrogens is 268 g/mol. The van der Waals surface area contributed by atoms with Crippen LogP contribution in [0.25, 0.3) is 0 Å². The van der Waals surface area contributed by atoms with Gasteiger partial charge in [-0.25, -0.2) is 4.98 Å². The number of carbonyl (C=O) groups excluding carboxylic acids is 1. The summed E-state index contributed by atoms with van der Waals surface area (Å²) in [4.78, 5) is 16.6. The van der Waals surface area contributed by atoms with E-state index in [9.17, 15) is 4.79 Å². The van der Waals surface area contributed by atoms with Crippen LogP contribution in [-0.2, 0) is 25.3 Å². The molecule has 0 aromatic carbocycles. The van der Waals surface area contributed by atoms with Gasteiger partial charge in [0.2, 0.25) is 5.91 Å². The summed E-state index contributed by atoms with van der Waals surface area (Å²) in [6.45, 7) is 0. The fourth-order valence-corrected chi connectivity index (χ4v) is 2.50. The van der Waals surface area contributed by atoms with E-state index in [1.165, 1.54) is 0 Å². The number of amides is 1. The van der Waals surface area contributed by atoms with E-state index >= 15 is 0 Å². The van der Waals surface area contributed by atoms with Gasteiger partial charge < -0.3 is 14.5 Å². The Kier molecular flexibility index (Phi) is 3.72. The lowest BCUT2D eigenvalue weighted by molar-refractivity contribution is -0.122. The minimum atomic E-state index is 0.0250. The maximum absolute atomic E-state index is 12.2. The fraction of sp³-hybridized carbons (Fsp3) is 0.571. The Balaban J connectivity index is 1.60.